The summed E-state index contributed by atoms with van der Waals surface area (Å²) in [7, 11) is 0. The van der Waals surface area contributed by atoms with Gasteiger partial charge in [0.25, 0.3) is 0 Å². The van der Waals surface area contributed by atoms with Gasteiger partial charge in [-0.25, -0.2) is 4.79 Å². The summed E-state index contributed by atoms with van der Waals surface area (Å²) in [5.74, 6) is 2.28. The Balaban J connectivity index is 1.31. The molecule has 0 aromatic heterocycles. The number of hydrogen-bond acceptors (Lipinski definition) is 4. The molecule has 27 heavy (non-hydrogen) atoms. The van der Waals surface area contributed by atoms with Crippen molar-refractivity contribution in [1.29, 1.82) is 0 Å². The molecule has 2 N–H and O–H groups in total. The average Bonchev–Trinajstić information content (AvgIpc) is 3.33. The lowest BCUT2D eigenvalue weighted by atomic mass is 9.92. The number of nitrogens with zero attached hydrogens (tertiary/aromatic N) is 1. The Morgan fingerprint density at radius 1 is 1.15 bits per heavy atom. The highest BCUT2D eigenvalue weighted by molar-refractivity contribution is 7.99. The second kappa shape index (κ2) is 8.02. The molecule has 1 aromatic rings. The van der Waals surface area contributed by atoms with Gasteiger partial charge in [-0.1, -0.05) is 24.3 Å². The van der Waals surface area contributed by atoms with Crippen molar-refractivity contribution in [1.82, 2.24) is 15.5 Å². The Bertz CT molecular complexity index is 665. The van der Waals surface area contributed by atoms with Crippen LogP contribution in [-0.2, 0) is 10.2 Å². The van der Waals surface area contributed by atoms with Crippen LogP contribution in [0, 0.1) is 6.92 Å². The Labute approximate surface area is 166 Å². The van der Waals surface area contributed by atoms with Crippen LogP contribution in [0.25, 0.3) is 0 Å². The van der Waals surface area contributed by atoms with E-state index in [1.54, 1.807) is 0 Å². The van der Waals surface area contributed by atoms with Gasteiger partial charge in [-0.3, -0.25) is 4.90 Å². The summed E-state index contributed by atoms with van der Waals surface area (Å²) < 4.78 is 5.52. The summed E-state index contributed by atoms with van der Waals surface area (Å²) in [4.78, 5) is 15.1. The minimum atomic E-state index is -0.0283. The number of carbonyl (C=O) groups excluding carboxylic acids is 1. The lowest BCUT2D eigenvalue weighted by Gasteiger charge is -2.43. The molecule has 2 aliphatic heterocycles. The number of ether oxygens (including phenoxy) is 1. The van der Waals surface area contributed by atoms with Crippen LogP contribution in [0.1, 0.15) is 30.4 Å². The third kappa shape index (κ3) is 4.13. The highest BCUT2D eigenvalue weighted by Gasteiger charge is 2.45. The van der Waals surface area contributed by atoms with Crippen molar-refractivity contribution < 1.29 is 9.53 Å². The number of benzene rings is 1. The predicted molar refractivity (Wildman–Crippen MR) is 111 cm³/mol. The minimum Gasteiger partial charge on any atom is -0.379 e. The molecule has 3 fully saturated rings. The topological polar surface area (TPSA) is 53.6 Å². The van der Waals surface area contributed by atoms with Gasteiger partial charge in [-0.05, 0) is 43.1 Å². The fraction of sp³-hybridized carbons (Fsp3) is 0.667. The molecule has 1 saturated carbocycles. The summed E-state index contributed by atoms with van der Waals surface area (Å²) in [6.07, 6.45) is 3.46. The molecule has 0 radical (unpaired) electrons. The van der Waals surface area contributed by atoms with Gasteiger partial charge in [0.2, 0.25) is 0 Å². The number of morpholine rings is 1. The highest BCUT2D eigenvalue weighted by atomic mass is 32.2. The van der Waals surface area contributed by atoms with E-state index in [1.165, 1.54) is 16.9 Å². The monoisotopic (exact) mass is 389 g/mol. The van der Waals surface area contributed by atoms with E-state index in [-0.39, 0.29) is 17.0 Å². The van der Waals surface area contributed by atoms with E-state index >= 15 is 0 Å². The van der Waals surface area contributed by atoms with Gasteiger partial charge in [-0.2, -0.15) is 11.8 Å². The van der Waals surface area contributed by atoms with Crippen molar-refractivity contribution in [2.75, 3.05) is 50.9 Å². The van der Waals surface area contributed by atoms with Gasteiger partial charge >= 0.3 is 6.03 Å². The lowest BCUT2D eigenvalue weighted by molar-refractivity contribution is -0.0124. The van der Waals surface area contributed by atoms with E-state index in [1.807, 2.05) is 11.8 Å². The van der Waals surface area contributed by atoms with Crippen LogP contribution in [0.4, 0.5) is 4.79 Å². The molecule has 1 aliphatic carbocycles. The van der Waals surface area contributed by atoms with Crippen molar-refractivity contribution >= 4 is 17.8 Å². The van der Waals surface area contributed by atoms with Gasteiger partial charge in [0.15, 0.2) is 0 Å². The second-order valence-electron chi connectivity index (χ2n) is 8.26. The van der Waals surface area contributed by atoms with Gasteiger partial charge in [0.05, 0.1) is 13.2 Å². The van der Waals surface area contributed by atoms with E-state index in [4.69, 9.17) is 4.74 Å². The molecule has 2 amide bonds. The van der Waals surface area contributed by atoms with Crippen molar-refractivity contribution in [3.05, 3.63) is 35.4 Å². The van der Waals surface area contributed by atoms with E-state index in [2.05, 4.69) is 46.7 Å². The molecule has 1 unspecified atom stereocenters. The fourth-order valence-corrected chi connectivity index (χ4v) is 6.03. The van der Waals surface area contributed by atoms with Crippen LogP contribution < -0.4 is 10.6 Å². The quantitative estimate of drug-likeness (QED) is 0.785. The van der Waals surface area contributed by atoms with Crippen LogP contribution in [0.3, 0.4) is 0 Å². The van der Waals surface area contributed by atoms with Gasteiger partial charge in [0, 0.05) is 42.9 Å². The van der Waals surface area contributed by atoms with Crippen LogP contribution in [-0.4, -0.2) is 67.4 Å². The second-order valence-corrected chi connectivity index (χ2v) is 9.36. The molecule has 5 nitrogen and oxygen atoms in total. The zero-order valence-electron chi connectivity index (χ0n) is 16.3. The Morgan fingerprint density at radius 3 is 2.56 bits per heavy atom. The maximum Gasteiger partial charge on any atom is 0.314 e. The third-order valence-electron chi connectivity index (χ3n) is 6.50. The number of hydrogen-bond donors (Lipinski definition) is 2. The molecular weight excluding hydrogens is 358 g/mol. The number of nitrogens with one attached hydrogen (secondary N) is 2. The van der Waals surface area contributed by atoms with E-state index in [0.29, 0.717) is 0 Å². The summed E-state index contributed by atoms with van der Waals surface area (Å²) in [6.45, 7) is 7.17. The van der Waals surface area contributed by atoms with E-state index < -0.39 is 0 Å². The molecule has 2 saturated heterocycles. The van der Waals surface area contributed by atoms with E-state index in [9.17, 15) is 4.79 Å². The van der Waals surface area contributed by atoms with Crippen molar-refractivity contribution in [3.8, 4) is 0 Å². The standard InChI is InChI=1S/C21H31N3O2S/c1-17-4-2-3-5-18(17)20(6-7-20)14-22-19(25)23-15-21(8-13-27-16-21)24-9-11-26-12-10-24/h2-5H,6-16H2,1H3,(H2,22,23,25). The van der Waals surface area contributed by atoms with Crippen LogP contribution in [0.15, 0.2) is 24.3 Å². The highest BCUT2D eigenvalue weighted by Crippen LogP contribution is 2.48. The first-order chi connectivity index (χ1) is 13.1. The first-order valence-electron chi connectivity index (χ1n) is 10.1. The smallest absolute Gasteiger partial charge is 0.314 e. The fourth-order valence-electron chi connectivity index (χ4n) is 4.55. The number of urea groups is 1. The summed E-state index contributed by atoms with van der Waals surface area (Å²) in [5, 5.41) is 6.34. The molecule has 1 aromatic carbocycles. The molecular formula is C21H31N3O2S. The number of amides is 2. The summed E-state index contributed by atoms with van der Waals surface area (Å²) >= 11 is 2.00. The van der Waals surface area contributed by atoms with E-state index in [0.717, 1.165) is 64.4 Å². The van der Waals surface area contributed by atoms with Crippen molar-refractivity contribution in [3.63, 3.8) is 0 Å². The lowest BCUT2D eigenvalue weighted by Crippen LogP contribution is -2.60. The largest absolute Gasteiger partial charge is 0.379 e. The number of thioether (sulfide) groups is 1. The normalized spacial score (nSPS) is 27.3. The van der Waals surface area contributed by atoms with Crippen LogP contribution in [0.5, 0.6) is 0 Å². The van der Waals surface area contributed by atoms with Gasteiger partial charge in [-0.15, -0.1) is 0 Å². The zero-order chi connectivity index (χ0) is 18.7. The molecule has 4 rings (SSSR count). The van der Waals surface area contributed by atoms with Crippen molar-refractivity contribution in [2.24, 2.45) is 0 Å². The molecule has 1 atom stereocenters. The first kappa shape index (κ1) is 19.1. The van der Waals surface area contributed by atoms with Crippen molar-refractivity contribution in [2.45, 2.75) is 37.1 Å². The number of rotatable bonds is 6. The van der Waals surface area contributed by atoms with Crippen LogP contribution in [0.2, 0.25) is 0 Å². The minimum absolute atomic E-state index is 0.0283. The molecule has 0 bridgehead atoms. The molecule has 6 heteroatoms. The zero-order valence-corrected chi connectivity index (χ0v) is 17.1. The summed E-state index contributed by atoms with van der Waals surface area (Å²) in [5.41, 5.74) is 2.96. The van der Waals surface area contributed by atoms with Gasteiger partial charge < -0.3 is 15.4 Å². The molecule has 148 valence electrons. The third-order valence-corrected chi connectivity index (χ3v) is 7.73. The number of carbonyl (C=O) groups is 1. The SMILES string of the molecule is Cc1ccccc1C1(CNC(=O)NCC2(N3CCOCC3)CCSC2)CC1. The molecule has 0 spiro atoms. The Kier molecular flexibility index (Phi) is 5.67. The first-order valence-corrected chi connectivity index (χ1v) is 11.3. The molecule has 3 aliphatic rings. The van der Waals surface area contributed by atoms with Crippen LogP contribution >= 0.6 is 11.8 Å². The number of aryl methyl sites for hydroxylation is 1. The average molecular weight is 390 g/mol. The summed E-state index contributed by atoms with van der Waals surface area (Å²) in [6, 6.07) is 8.54. The molecule has 2 heterocycles. The maximum absolute atomic E-state index is 12.5. The Hall–Kier alpha value is -1.24. The maximum atomic E-state index is 12.5. The predicted octanol–water partition coefficient (Wildman–Crippen LogP) is 2.53. The van der Waals surface area contributed by atoms with Gasteiger partial charge in [0.1, 0.15) is 0 Å². The Morgan fingerprint density at radius 2 is 1.89 bits per heavy atom.